The maximum absolute atomic E-state index is 11.2. The monoisotopic (exact) mass is 271 g/mol. The van der Waals surface area contributed by atoms with Crippen LogP contribution in [-0.4, -0.2) is 23.7 Å². The molecule has 18 heavy (non-hydrogen) atoms. The Morgan fingerprint density at radius 2 is 2.28 bits per heavy atom. The first-order chi connectivity index (χ1) is 8.54. The minimum absolute atomic E-state index is 0.133. The standard InChI is InChI=1S/C13H18ClNO3/c1-2-18-13(17)7-6-9(15)8-10-11(14)4-3-5-12(10)16/h3-5,9,16H,2,6-8,15H2,1H3. The lowest BCUT2D eigenvalue weighted by Crippen LogP contribution is -2.24. The number of phenols is 1. The molecule has 0 saturated carbocycles. The summed E-state index contributed by atoms with van der Waals surface area (Å²) in [5.41, 5.74) is 6.53. The fraction of sp³-hybridized carbons (Fsp3) is 0.462. The van der Waals surface area contributed by atoms with Crippen molar-refractivity contribution in [3.05, 3.63) is 28.8 Å². The van der Waals surface area contributed by atoms with Crippen molar-refractivity contribution < 1.29 is 14.6 Å². The molecule has 0 amide bonds. The highest BCUT2D eigenvalue weighted by Gasteiger charge is 2.13. The van der Waals surface area contributed by atoms with Crippen LogP contribution in [0.25, 0.3) is 0 Å². The molecule has 0 radical (unpaired) electrons. The van der Waals surface area contributed by atoms with E-state index in [4.69, 9.17) is 22.1 Å². The first-order valence-corrected chi connectivity index (χ1v) is 6.30. The zero-order valence-electron chi connectivity index (χ0n) is 10.4. The SMILES string of the molecule is CCOC(=O)CCC(N)Cc1c(O)cccc1Cl. The van der Waals surface area contributed by atoms with E-state index in [1.54, 1.807) is 25.1 Å². The van der Waals surface area contributed by atoms with Gasteiger partial charge in [0.2, 0.25) is 0 Å². The summed E-state index contributed by atoms with van der Waals surface area (Å²) >= 11 is 5.98. The highest BCUT2D eigenvalue weighted by Crippen LogP contribution is 2.26. The summed E-state index contributed by atoms with van der Waals surface area (Å²) in [5, 5.41) is 10.2. The third-order valence-corrected chi connectivity index (χ3v) is 2.94. The van der Waals surface area contributed by atoms with Crippen LogP contribution in [0.3, 0.4) is 0 Å². The Kier molecular flexibility index (Phi) is 5.95. The summed E-state index contributed by atoms with van der Waals surface area (Å²) in [7, 11) is 0. The number of rotatable bonds is 6. The van der Waals surface area contributed by atoms with Crippen molar-refractivity contribution in [2.45, 2.75) is 32.2 Å². The second-order valence-corrected chi connectivity index (χ2v) is 4.45. The van der Waals surface area contributed by atoms with Crippen molar-refractivity contribution in [2.75, 3.05) is 6.61 Å². The predicted octanol–water partition coefficient (Wildman–Crippen LogP) is 2.26. The molecule has 5 heteroatoms. The van der Waals surface area contributed by atoms with Crippen LogP contribution in [0.2, 0.25) is 5.02 Å². The molecule has 0 saturated heterocycles. The van der Waals surface area contributed by atoms with E-state index in [-0.39, 0.29) is 24.2 Å². The van der Waals surface area contributed by atoms with Crippen molar-refractivity contribution in [1.82, 2.24) is 0 Å². The van der Waals surface area contributed by atoms with E-state index in [1.165, 1.54) is 0 Å². The van der Waals surface area contributed by atoms with Crippen molar-refractivity contribution >= 4 is 17.6 Å². The molecule has 0 spiro atoms. The normalized spacial score (nSPS) is 12.2. The minimum atomic E-state index is -0.253. The Balaban J connectivity index is 2.49. The molecule has 100 valence electrons. The van der Waals surface area contributed by atoms with Gasteiger partial charge in [0.1, 0.15) is 5.75 Å². The summed E-state index contributed by atoms with van der Waals surface area (Å²) in [6.07, 6.45) is 1.22. The van der Waals surface area contributed by atoms with Crippen molar-refractivity contribution in [3.63, 3.8) is 0 Å². The van der Waals surface area contributed by atoms with Crippen molar-refractivity contribution in [2.24, 2.45) is 5.73 Å². The molecule has 0 fully saturated rings. The number of nitrogens with two attached hydrogens (primary N) is 1. The number of aromatic hydroxyl groups is 1. The number of phenolic OH excluding ortho intramolecular Hbond substituents is 1. The average Bonchev–Trinajstić information content (AvgIpc) is 2.32. The molecule has 1 atom stereocenters. The molecular formula is C13H18ClNO3. The van der Waals surface area contributed by atoms with E-state index in [1.807, 2.05) is 0 Å². The summed E-state index contributed by atoms with van der Waals surface area (Å²) in [5.74, 6) is -0.120. The molecule has 0 heterocycles. The Labute approximate surface area is 112 Å². The van der Waals surface area contributed by atoms with Gasteiger partial charge in [0.15, 0.2) is 0 Å². The van der Waals surface area contributed by atoms with Crippen LogP contribution < -0.4 is 5.73 Å². The largest absolute Gasteiger partial charge is 0.508 e. The third-order valence-electron chi connectivity index (χ3n) is 2.59. The Bertz CT molecular complexity index is 389. The fourth-order valence-corrected chi connectivity index (χ4v) is 1.90. The summed E-state index contributed by atoms with van der Waals surface area (Å²) < 4.78 is 4.82. The van der Waals surface area contributed by atoms with Gasteiger partial charge in [-0.15, -0.1) is 0 Å². The van der Waals surface area contributed by atoms with Gasteiger partial charge in [0.05, 0.1) is 6.61 Å². The zero-order valence-corrected chi connectivity index (χ0v) is 11.1. The molecule has 3 N–H and O–H groups in total. The molecule has 0 aliphatic carbocycles. The van der Waals surface area contributed by atoms with E-state index in [2.05, 4.69) is 0 Å². The predicted molar refractivity (Wildman–Crippen MR) is 70.7 cm³/mol. The van der Waals surface area contributed by atoms with Crippen LogP contribution in [-0.2, 0) is 16.0 Å². The Hall–Kier alpha value is -1.26. The van der Waals surface area contributed by atoms with E-state index in [9.17, 15) is 9.90 Å². The molecule has 1 aromatic carbocycles. The highest BCUT2D eigenvalue weighted by atomic mass is 35.5. The molecule has 1 rings (SSSR count). The van der Waals surface area contributed by atoms with Gasteiger partial charge in [-0.3, -0.25) is 4.79 Å². The highest BCUT2D eigenvalue weighted by molar-refractivity contribution is 6.31. The number of halogens is 1. The molecule has 0 aliphatic heterocycles. The number of hydrogen-bond donors (Lipinski definition) is 2. The van der Waals surface area contributed by atoms with Gasteiger partial charge in [-0.1, -0.05) is 17.7 Å². The number of benzene rings is 1. The topological polar surface area (TPSA) is 72.5 Å². The van der Waals surface area contributed by atoms with E-state index in [0.29, 0.717) is 30.0 Å². The fourth-order valence-electron chi connectivity index (χ4n) is 1.65. The molecule has 0 bridgehead atoms. The van der Waals surface area contributed by atoms with E-state index in [0.717, 1.165) is 0 Å². The molecular weight excluding hydrogens is 254 g/mol. The van der Waals surface area contributed by atoms with Crippen molar-refractivity contribution in [3.8, 4) is 5.75 Å². The van der Waals surface area contributed by atoms with Gasteiger partial charge in [-0.2, -0.15) is 0 Å². The summed E-state index contributed by atoms with van der Waals surface area (Å²) in [4.78, 5) is 11.2. The summed E-state index contributed by atoms with van der Waals surface area (Å²) in [6, 6.07) is 4.71. The van der Waals surface area contributed by atoms with Gasteiger partial charge in [0.25, 0.3) is 0 Å². The van der Waals surface area contributed by atoms with Crippen LogP contribution in [0.5, 0.6) is 5.75 Å². The average molecular weight is 272 g/mol. The molecule has 0 aromatic heterocycles. The number of ether oxygens (including phenoxy) is 1. The Morgan fingerprint density at radius 1 is 1.56 bits per heavy atom. The maximum atomic E-state index is 11.2. The molecule has 4 nitrogen and oxygen atoms in total. The number of esters is 1. The van der Waals surface area contributed by atoms with Crippen LogP contribution in [0.1, 0.15) is 25.3 Å². The van der Waals surface area contributed by atoms with E-state index >= 15 is 0 Å². The lowest BCUT2D eigenvalue weighted by molar-refractivity contribution is -0.143. The molecule has 1 unspecified atom stereocenters. The van der Waals surface area contributed by atoms with Crippen molar-refractivity contribution in [1.29, 1.82) is 0 Å². The third kappa shape index (κ3) is 4.55. The first-order valence-electron chi connectivity index (χ1n) is 5.92. The van der Waals surface area contributed by atoms with E-state index < -0.39 is 0 Å². The minimum Gasteiger partial charge on any atom is -0.508 e. The molecule has 1 aromatic rings. The van der Waals surface area contributed by atoms with Gasteiger partial charge >= 0.3 is 5.97 Å². The maximum Gasteiger partial charge on any atom is 0.305 e. The second kappa shape index (κ2) is 7.24. The zero-order chi connectivity index (χ0) is 13.5. The Morgan fingerprint density at radius 3 is 2.89 bits per heavy atom. The quantitative estimate of drug-likeness (QED) is 0.779. The first kappa shape index (κ1) is 14.8. The lowest BCUT2D eigenvalue weighted by Gasteiger charge is -2.13. The molecule has 0 aliphatic rings. The number of carbonyl (C=O) groups excluding carboxylic acids is 1. The van der Waals surface area contributed by atoms with Gasteiger partial charge in [-0.05, 0) is 31.9 Å². The van der Waals surface area contributed by atoms with Gasteiger partial charge < -0.3 is 15.6 Å². The smallest absolute Gasteiger partial charge is 0.305 e. The van der Waals surface area contributed by atoms with Crippen LogP contribution >= 0.6 is 11.6 Å². The second-order valence-electron chi connectivity index (χ2n) is 4.05. The number of carbonyl (C=O) groups is 1. The number of hydrogen-bond acceptors (Lipinski definition) is 4. The van der Waals surface area contributed by atoms with Gasteiger partial charge in [0, 0.05) is 23.0 Å². The van der Waals surface area contributed by atoms with Crippen LogP contribution in [0.4, 0.5) is 0 Å². The van der Waals surface area contributed by atoms with Crippen LogP contribution in [0, 0.1) is 0 Å². The lowest BCUT2D eigenvalue weighted by atomic mass is 10.0. The van der Waals surface area contributed by atoms with Crippen LogP contribution in [0.15, 0.2) is 18.2 Å². The van der Waals surface area contributed by atoms with Gasteiger partial charge in [-0.25, -0.2) is 0 Å². The summed E-state index contributed by atoms with van der Waals surface area (Å²) in [6.45, 7) is 2.14.